The molecule has 3 aromatic rings. The smallest absolute Gasteiger partial charge is 0.261 e. The molecule has 1 fully saturated rings. The van der Waals surface area contributed by atoms with Crippen molar-refractivity contribution in [2.45, 2.75) is 24.0 Å². The SMILES string of the molecule is CC1CN(C(=O)c2cccc(S(=O)(=O)Nc3ccc(F)cc3)c2)CC(c2ccccc2)O1. The zero-order valence-corrected chi connectivity index (χ0v) is 18.3. The fourth-order valence-electron chi connectivity index (χ4n) is 3.68. The van der Waals surface area contributed by atoms with Crippen LogP contribution in [0.15, 0.2) is 83.8 Å². The lowest BCUT2D eigenvalue weighted by Gasteiger charge is -2.37. The molecule has 1 aliphatic rings. The van der Waals surface area contributed by atoms with Crippen molar-refractivity contribution in [1.82, 2.24) is 4.90 Å². The van der Waals surface area contributed by atoms with Gasteiger partial charge in [-0.2, -0.15) is 0 Å². The van der Waals surface area contributed by atoms with Crippen LogP contribution in [0.25, 0.3) is 0 Å². The van der Waals surface area contributed by atoms with Crippen LogP contribution in [-0.4, -0.2) is 38.4 Å². The van der Waals surface area contributed by atoms with Gasteiger partial charge in [0.25, 0.3) is 15.9 Å². The van der Waals surface area contributed by atoms with Crippen LogP contribution in [0.4, 0.5) is 10.1 Å². The topological polar surface area (TPSA) is 75.7 Å². The summed E-state index contributed by atoms with van der Waals surface area (Å²) in [4.78, 5) is 14.8. The summed E-state index contributed by atoms with van der Waals surface area (Å²) in [6.07, 6.45) is -0.416. The van der Waals surface area contributed by atoms with Gasteiger partial charge in [-0.25, -0.2) is 12.8 Å². The Hall–Kier alpha value is -3.23. The minimum absolute atomic E-state index is 0.0476. The minimum atomic E-state index is -3.95. The Morgan fingerprint density at radius 1 is 1.00 bits per heavy atom. The number of ether oxygens (including phenoxy) is 1. The number of hydrogen-bond donors (Lipinski definition) is 1. The quantitative estimate of drug-likeness (QED) is 0.626. The molecule has 0 radical (unpaired) electrons. The highest BCUT2D eigenvalue weighted by molar-refractivity contribution is 7.92. The van der Waals surface area contributed by atoms with Gasteiger partial charge in [0.1, 0.15) is 11.9 Å². The van der Waals surface area contributed by atoms with E-state index in [0.717, 1.165) is 5.56 Å². The number of benzene rings is 3. The standard InChI is InChI=1S/C24H23FN2O4S/c1-17-15-27(16-23(31-17)18-6-3-2-4-7-18)24(28)19-8-5-9-22(14-19)32(29,30)26-21-12-10-20(25)11-13-21/h2-14,17,23,26H,15-16H2,1H3. The Bertz CT molecular complexity index is 1200. The van der Waals surface area contributed by atoms with Crippen LogP contribution in [0.3, 0.4) is 0 Å². The van der Waals surface area contributed by atoms with Gasteiger partial charge in [0.15, 0.2) is 0 Å². The van der Waals surface area contributed by atoms with Gasteiger partial charge in [0.2, 0.25) is 0 Å². The Kier molecular flexibility index (Phi) is 6.25. The van der Waals surface area contributed by atoms with E-state index in [1.165, 1.54) is 42.5 Å². The molecule has 1 N–H and O–H groups in total. The highest BCUT2D eigenvalue weighted by Gasteiger charge is 2.30. The normalized spacial score (nSPS) is 18.9. The molecule has 32 heavy (non-hydrogen) atoms. The van der Waals surface area contributed by atoms with Crippen molar-refractivity contribution in [3.05, 3.63) is 95.8 Å². The van der Waals surface area contributed by atoms with Gasteiger partial charge in [-0.1, -0.05) is 36.4 Å². The van der Waals surface area contributed by atoms with Crippen molar-refractivity contribution in [2.24, 2.45) is 0 Å². The molecule has 0 bridgehead atoms. The molecular formula is C24H23FN2O4S. The van der Waals surface area contributed by atoms with Crippen molar-refractivity contribution < 1.29 is 22.3 Å². The third-order valence-electron chi connectivity index (χ3n) is 5.21. The molecule has 1 heterocycles. The van der Waals surface area contributed by atoms with Gasteiger partial charge in [-0.3, -0.25) is 9.52 Å². The highest BCUT2D eigenvalue weighted by atomic mass is 32.2. The summed E-state index contributed by atoms with van der Waals surface area (Å²) >= 11 is 0. The first-order chi connectivity index (χ1) is 15.3. The maximum absolute atomic E-state index is 13.2. The fraction of sp³-hybridized carbons (Fsp3) is 0.208. The van der Waals surface area contributed by atoms with E-state index in [1.807, 2.05) is 37.3 Å². The molecule has 3 aromatic carbocycles. The van der Waals surface area contributed by atoms with E-state index in [2.05, 4.69) is 4.72 Å². The molecule has 0 aromatic heterocycles. The number of carbonyl (C=O) groups excluding carboxylic acids is 1. The van der Waals surface area contributed by atoms with Gasteiger partial charge in [0.05, 0.1) is 17.5 Å². The Balaban J connectivity index is 1.54. The molecule has 1 saturated heterocycles. The molecule has 1 amide bonds. The molecule has 2 atom stereocenters. The third-order valence-corrected chi connectivity index (χ3v) is 6.59. The number of rotatable bonds is 5. The zero-order valence-electron chi connectivity index (χ0n) is 17.4. The second-order valence-corrected chi connectivity index (χ2v) is 9.38. The fourth-order valence-corrected chi connectivity index (χ4v) is 4.78. The molecule has 0 spiro atoms. The summed E-state index contributed by atoms with van der Waals surface area (Å²) in [5, 5.41) is 0. The maximum Gasteiger partial charge on any atom is 0.261 e. The Labute approximate surface area is 186 Å². The highest BCUT2D eigenvalue weighted by Crippen LogP contribution is 2.26. The largest absolute Gasteiger partial charge is 0.367 e. The molecule has 2 unspecified atom stereocenters. The number of carbonyl (C=O) groups is 1. The van der Waals surface area contributed by atoms with E-state index < -0.39 is 15.8 Å². The second-order valence-electron chi connectivity index (χ2n) is 7.70. The minimum Gasteiger partial charge on any atom is -0.367 e. The average molecular weight is 455 g/mol. The number of amides is 1. The van der Waals surface area contributed by atoms with Crippen molar-refractivity contribution >= 4 is 21.6 Å². The van der Waals surface area contributed by atoms with Crippen molar-refractivity contribution in [1.29, 1.82) is 0 Å². The predicted molar refractivity (Wildman–Crippen MR) is 119 cm³/mol. The van der Waals surface area contributed by atoms with Crippen LogP contribution in [0, 0.1) is 5.82 Å². The number of sulfonamides is 1. The second kappa shape index (κ2) is 9.10. The number of halogens is 1. The summed E-state index contributed by atoms with van der Waals surface area (Å²) in [6, 6.07) is 20.6. The van der Waals surface area contributed by atoms with Crippen molar-refractivity contribution in [3.8, 4) is 0 Å². The average Bonchev–Trinajstić information content (AvgIpc) is 2.80. The van der Waals surface area contributed by atoms with E-state index in [9.17, 15) is 17.6 Å². The van der Waals surface area contributed by atoms with E-state index in [1.54, 1.807) is 11.0 Å². The molecule has 1 aliphatic heterocycles. The van der Waals surface area contributed by atoms with Crippen molar-refractivity contribution in [3.63, 3.8) is 0 Å². The van der Waals surface area contributed by atoms with E-state index in [0.29, 0.717) is 13.1 Å². The molecule has 8 heteroatoms. The summed E-state index contributed by atoms with van der Waals surface area (Å²) in [7, 11) is -3.95. The van der Waals surface area contributed by atoms with E-state index in [-0.39, 0.29) is 34.3 Å². The molecule has 166 valence electrons. The lowest BCUT2D eigenvalue weighted by Crippen LogP contribution is -2.46. The van der Waals surface area contributed by atoms with Gasteiger partial charge < -0.3 is 9.64 Å². The number of hydrogen-bond acceptors (Lipinski definition) is 4. The first-order valence-corrected chi connectivity index (χ1v) is 11.7. The van der Waals surface area contributed by atoms with Crippen molar-refractivity contribution in [2.75, 3.05) is 17.8 Å². The van der Waals surface area contributed by atoms with Gasteiger partial charge in [0, 0.05) is 17.8 Å². The van der Waals surface area contributed by atoms with E-state index in [4.69, 9.17) is 4.74 Å². The summed E-state index contributed by atoms with van der Waals surface area (Å²) in [6.45, 7) is 2.69. The lowest BCUT2D eigenvalue weighted by molar-refractivity contribution is -0.0691. The first-order valence-electron chi connectivity index (χ1n) is 10.2. The molecular weight excluding hydrogens is 431 g/mol. The lowest BCUT2D eigenvalue weighted by atomic mass is 10.1. The van der Waals surface area contributed by atoms with Crippen LogP contribution < -0.4 is 4.72 Å². The monoisotopic (exact) mass is 454 g/mol. The van der Waals surface area contributed by atoms with Gasteiger partial charge >= 0.3 is 0 Å². The summed E-state index contributed by atoms with van der Waals surface area (Å²) in [5.74, 6) is -0.728. The number of morpholine rings is 1. The number of nitrogens with one attached hydrogen (secondary N) is 1. The number of nitrogens with zero attached hydrogens (tertiary/aromatic N) is 1. The predicted octanol–water partition coefficient (Wildman–Crippen LogP) is 4.23. The number of anilines is 1. The zero-order chi connectivity index (χ0) is 22.7. The molecule has 0 saturated carbocycles. The van der Waals surface area contributed by atoms with E-state index >= 15 is 0 Å². The molecule has 6 nitrogen and oxygen atoms in total. The first kappa shape index (κ1) is 22.0. The van der Waals surface area contributed by atoms with Crippen LogP contribution in [0.2, 0.25) is 0 Å². The van der Waals surface area contributed by atoms with Crippen LogP contribution in [0.5, 0.6) is 0 Å². The maximum atomic E-state index is 13.2. The third kappa shape index (κ3) is 4.98. The Morgan fingerprint density at radius 2 is 1.72 bits per heavy atom. The molecule has 4 rings (SSSR count). The summed E-state index contributed by atoms with van der Waals surface area (Å²) < 4.78 is 47.1. The van der Waals surface area contributed by atoms with Crippen LogP contribution in [-0.2, 0) is 14.8 Å². The van der Waals surface area contributed by atoms with Crippen LogP contribution in [0.1, 0.15) is 28.9 Å². The summed E-state index contributed by atoms with van der Waals surface area (Å²) in [5.41, 5.74) is 1.49. The Morgan fingerprint density at radius 3 is 2.44 bits per heavy atom. The van der Waals surface area contributed by atoms with Gasteiger partial charge in [-0.05, 0) is 55.0 Å². The van der Waals surface area contributed by atoms with Crippen LogP contribution >= 0.6 is 0 Å². The van der Waals surface area contributed by atoms with Gasteiger partial charge in [-0.15, -0.1) is 0 Å². The molecule has 0 aliphatic carbocycles.